The molecule has 1 aromatic carbocycles. The molecule has 0 fully saturated rings. The van der Waals surface area contributed by atoms with E-state index < -0.39 is 0 Å². The summed E-state index contributed by atoms with van der Waals surface area (Å²) in [5, 5.41) is 8.86. The van der Waals surface area contributed by atoms with Gasteiger partial charge in [0.1, 0.15) is 0 Å². The minimum atomic E-state index is 0.495. The lowest BCUT2D eigenvalue weighted by atomic mass is 10.1. The summed E-state index contributed by atoms with van der Waals surface area (Å²) in [6.45, 7) is 6.65. The highest BCUT2D eigenvalue weighted by atomic mass is 32.1. The Bertz CT molecular complexity index is 763. The van der Waals surface area contributed by atoms with Crippen LogP contribution >= 0.6 is 11.3 Å². The standard InChI is InChI=1S/C22H33N3O3S/c1-6-23-22(25-15-16(2)14-18-8-7-13-29-18)24-12-11-17-9-10-19(26-3)21(28-5)20(17)27-4/h7-10,13,16H,6,11-12,14-15H2,1-5H3,(H2,23,24,25). The molecule has 0 bridgehead atoms. The van der Waals surface area contributed by atoms with E-state index in [0.29, 0.717) is 23.2 Å². The lowest BCUT2D eigenvalue weighted by molar-refractivity contribution is 0.322. The van der Waals surface area contributed by atoms with E-state index in [1.54, 1.807) is 32.7 Å². The van der Waals surface area contributed by atoms with E-state index in [0.717, 1.165) is 44.0 Å². The van der Waals surface area contributed by atoms with Gasteiger partial charge in [0.05, 0.1) is 21.3 Å². The molecule has 1 unspecified atom stereocenters. The Morgan fingerprint density at radius 3 is 2.48 bits per heavy atom. The van der Waals surface area contributed by atoms with Crippen LogP contribution in [0, 0.1) is 5.92 Å². The van der Waals surface area contributed by atoms with E-state index in [-0.39, 0.29) is 0 Å². The number of nitrogens with one attached hydrogen (secondary N) is 2. The van der Waals surface area contributed by atoms with E-state index in [2.05, 4.69) is 42.0 Å². The van der Waals surface area contributed by atoms with Gasteiger partial charge in [-0.15, -0.1) is 11.3 Å². The van der Waals surface area contributed by atoms with Gasteiger partial charge in [0.25, 0.3) is 0 Å². The molecule has 0 amide bonds. The van der Waals surface area contributed by atoms with Crippen molar-refractivity contribution in [2.45, 2.75) is 26.7 Å². The number of aliphatic imine (C=N–C) groups is 1. The minimum absolute atomic E-state index is 0.495. The van der Waals surface area contributed by atoms with Crippen LogP contribution in [0.5, 0.6) is 17.2 Å². The van der Waals surface area contributed by atoms with Gasteiger partial charge in [0, 0.05) is 30.1 Å². The molecule has 29 heavy (non-hydrogen) atoms. The van der Waals surface area contributed by atoms with Crippen molar-refractivity contribution < 1.29 is 14.2 Å². The van der Waals surface area contributed by atoms with Crippen molar-refractivity contribution in [3.8, 4) is 17.2 Å². The summed E-state index contributed by atoms with van der Waals surface area (Å²) in [5.41, 5.74) is 1.06. The first kappa shape index (κ1) is 22.9. The van der Waals surface area contributed by atoms with Gasteiger partial charge in [-0.05, 0) is 43.2 Å². The molecule has 1 aromatic heterocycles. The molecule has 1 heterocycles. The van der Waals surface area contributed by atoms with Crippen LogP contribution in [0.15, 0.2) is 34.6 Å². The molecule has 0 radical (unpaired) electrons. The van der Waals surface area contributed by atoms with Crippen molar-refractivity contribution in [1.29, 1.82) is 0 Å². The highest BCUT2D eigenvalue weighted by molar-refractivity contribution is 7.09. The predicted octanol–water partition coefficient (Wildman–Crippen LogP) is 3.75. The van der Waals surface area contributed by atoms with Crippen molar-refractivity contribution in [2.24, 2.45) is 10.9 Å². The van der Waals surface area contributed by atoms with Gasteiger partial charge in [0.15, 0.2) is 17.5 Å². The molecule has 2 rings (SSSR count). The summed E-state index contributed by atoms with van der Waals surface area (Å²) in [5.74, 6) is 3.33. The SMILES string of the molecule is CCNC(=NCC(C)Cc1cccs1)NCCc1ccc(OC)c(OC)c1OC. The fourth-order valence-electron chi connectivity index (χ4n) is 3.10. The van der Waals surface area contributed by atoms with Gasteiger partial charge in [-0.2, -0.15) is 0 Å². The highest BCUT2D eigenvalue weighted by Gasteiger charge is 2.15. The molecule has 0 aliphatic rings. The van der Waals surface area contributed by atoms with Crippen LogP contribution in [-0.4, -0.2) is 46.9 Å². The quantitative estimate of drug-likeness (QED) is 0.429. The Balaban J connectivity index is 1.95. The van der Waals surface area contributed by atoms with Crippen molar-refractivity contribution in [2.75, 3.05) is 41.0 Å². The molecule has 0 saturated carbocycles. The van der Waals surface area contributed by atoms with E-state index in [9.17, 15) is 0 Å². The van der Waals surface area contributed by atoms with Crippen LogP contribution in [0.25, 0.3) is 0 Å². The van der Waals surface area contributed by atoms with Crippen LogP contribution < -0.4 is 24.8 Å². The van der Waals surface area contributed by atoms with E-state index >= 15 is 0 Å². The number of benzene rings is 1. The van der Waals surface area contributed by atoms with Gasteiger partial charge < -0.3 is 24.8 Å². The molecule has 2 N–H and O–H groups in total. The molecule has 2 aromatic rings. The molecular weight excluding hydrogens is 386 g/mol. The second kappa shape index (κ2) is 12.2. The zero-order chi connectivity index (χ0) is 21.1. The van der Waals surface area contributed by atoms with Crippen molar-refractivity contribution in [1.82, 2.24) is 10.6 Å². The van der Waals surface area contributed by atoms with Crippen LogP contribution in [0.4, 0.5) is 0 Å². The Hall–Kier alpha value is -2.41. The summed E-state index contributed by atoms with van der Waals surface area (Å²) in [6.07, 6.45) is 1.84. The summed E-state index contributed by atoms with van der Waals surface area (Å²) < 4.78 is 16.4. The molecule has 6 nitrogen and oxygen atoms in total. The van der Waals surface area contributed by atoms with Crippen molar-refractivity contribution in [3.63, 3.8) is 0 Å². The fourth-order valence-corrected chi connectivity index (χ4v) is 3.97. The molecule has 0 saturated heterocycles. The zero-order valence-corrected chi connectivity index (χ0v) is 18.9. The number of thiophene rings is 1. The van der Waals surface area contributed by atoms with Crippen molar-refractivity contribution >= 4 is 17.3 Å². The summed E-state index contributed by atoms with van der Waals surface area (Å²) >= 11 is 1.81. The van der Waals surface area contributed by atoms with Crippen LogP contribution in [0.2, 0.25) is 0 Å². The second-order valence-corrected chi connectivity index (χ2v) is 7.81. The van der Waals surface area contributed by atoms with Gasteiger partial charge in [-0.3, -0.25) is 4.99 Å². The molecule has 0 spiro atoms. The lowest BCUT2D eigenvalue weighted by Crippen LogP contribution is -2.38. The summed E-state index contributed by atoms with van der Waals surface area (Å²) in [6, 6.07) is 8.20. The topological polar surface area (TPSA) is 64.1 Å². The number of hydrogen-bond donors (Lipinski definition) is 2. The lowest BCUT2D eigenvalue weighted by Gasteiger charge is -2.17. The molecular formula is C22H33N3O3S. The molecule has 0 aliphatic heterocycles. The maximum absolute atomic E-state index is 5.57. The molecule has 160 valence electrons. The first-order valence-corrected chi connectivity index (χ1v) is 10.8. The first-order valence-electron chi connectivity index (χ1n) is 9.95. The number of rotatable bonds is 11. The Labute approximate surface area is 178 Å². The third kappa shape index (κ3) is 6.85. The number of ether oxygens (including phenoxy) is 3. The third-order valence-corrected chi connectivity index (χ3v) is 5.41. The van der Waals surface area contributed by atoms with Gasteiger partial charge in [0.2, 0.25) is 5.75 Å². The Morgan fingerprint density at radius 2 is 1.86 bits per heavy atom. The smallest absolute Gasteiger partial charge is 0.203 e. The second-order valence-electron chi connectivity index (χ2n) is 6.78. The number of guanidine groups is 1. The minimum Gasteiger partial charge on any atom is -0.493 e. The maximum Gasteiger partial charge on any atom is 0.203 e. The maximum atomic E-state index is 5.57. The van der Waals surface area contributed by atoms with E-state index in [1.165, 1.54) is 4.88 Å². The van der Waals surface area contributed by atoms with Gasteiger partial charge in [-0.25, -0.2) is 0 Å². The number of nitrogens with zero attached hydrogens (tertiary/aromatic N) is 1. The van der Waals surface area contributed by atoms with Gasteiger partial charge >= 0.3 is 0 Å². The summed E-state index contributed by atoms with van der Waals surface area (Å²) in [4.78, 5) is 6.16. The monoisotopic (exact) mass is 419 g/mol. The van der Waals surface area contributed by atoms with E-state index in [1.807, 2.05) is 12.1 Å². The first-order chi connectivity index (χ1) is 14.1. The molecule has 7 heteroatoms. The van der Waals surface area contributed by atoms with E-state index in [4.69, 9.17) is 19.2 Å². The predicted molar refractivity (Wildman–Crippen MR) is 121 cm³/mol. The van der Waals surface area contributed by atoms with Crippen LogP contribution in [0.3, 0.4) is 0 Å². The normalized spacial score (nSPS) is 12.4. The summed E-state index contributed by atoms with van der Waals surface area (Å²) in [7, 11) is 4.89. The molecule has 1 atom stereocenters. The Kier molecular flexibility index (Phi) is 9.64. The van der Waals surface area contributed by atoms with Crippen molar-refractivity contribution in [3.05, 3.63) is 40.1 Å². The Morgan fingerprint density at radius 1 is 1.07 bits per heavy atom. The van der Waals surface area contributed by atoms with Gasteiger partial charge in [-0.1, -0.05) is 19.1 Å². The average Bonchev–Trinajstić information content (AvgIpc) is 3.24. The largest absolute Gasteiger partial charge is 0.493 e. The third-order valence-electron chi connectivity index (χ3n) is 4.51. The zero-order valence-electron chi connectivity index (χ0n) is 18.1. The number of methoxy groups -OCH3 is 3. The van der Waals surface area contributed by atoms with Crippen LogP contribution in [0.1, 0.15) is 24.3 Å². The van der Waals surface area contributed by atoms with Crippen LogP contribution in [-0.2, 0) is 12.8 Å². The average molecular weight is 420 g/mol. The fraction of sp³-hybridized carbons (Fsp3) is 0.500. The highest BCUT2D eigenvalue weighted by Crippen LogP contribution is 2.39. The molecule has 0 aliphatic carbocycles. The number of hydrogen-bond acceptors (Lipinski definition) is 5.